The minimum atomic E-state index is -0.985. The van der Waals surface area contributed by atoms with E-state index in [-0.39, 0.29) is 17.9 Å². The van der Waals surface area contributed by atoms with Crippen molar-refractivity contribution in [3.05, 3.63) is 0 Å². The molecule has 1 fully saturated rings. The second-order valence-corrected chi connectivity index (χ2v) is 5.67. The Hall–Kier alpha value is -0.480. The van der Waals surface area contributed by atoms with E-state index in [1.165, 1.54) is 0 Å². The van der Waals surface area contributed by atoms with Crippen molar-refractivity contribution in [1.82, 2.24) is 10.2 Å². The first kappa shape index (κ1) is 15.6. The zero-order valence-electron chi connectivity index (χ0n) is 10.6. The lowest BCUT2D eigenvalue weighted by molar-refractivity contribution is -0.130. The first-order chi connectivity index (χ1) is 8.54. The number of nitrogens with one attached hydrogen (secondary N) is 1. The Kier molecular flexibility index (Phi) is 6.79. The van der Waals surface area contributed by atoms with Crippen molar-refractivity contribution < 1.29 is 9.59 Å². The van der Waals surface area contributed by atoms with E-state index < -0.39 is 4.84 Å². The van der Waals surface area contributed by atoms with Crippen molar-refractivity contribution in [2.45, 2.75) is 49.9 Å². The molecule has 104 valence electrons. The van der Waals surface area contributed by atoms with Gasteiger partial charge < -0.3 is 10.2 Å². The van der Waals surface area contributed by atoms with Gasteiger partial charge in [-0.25, -0.2) is 0 Å². The highest BCUT2D eigenvalue weighted by Gasteiger charge is 2.26. The molecule has 4 nitrogen and oxygen atoms in total. The van der Waals surface area contributed by atoms with Gasteiger partial charge in [0.2, 0.25) is 5.91 Å². The zero-order chi connectivity index (χ0) is 13.5. The first-order valence-electron chi connectivity index (χ1n) is 6.41. The highest BCUT2D eigenvalue weighted by atomic mass is 35.5. The van der Waals surface area contributed by atoms with Gasteiger partial charge in [0.15, 0.2) is 4.84 Å². The molecule has 1 N–H and O–H groups in total. The number of piperidine rings is 1. The summed E-state index contributed by atoms with van der Waals surface area (Å²) in [5.41, 5.74) is 0. The van der Waals surface area contributed by atoms with E-state index in [1.807, 2.05) is 0 Å². The maximum Gasteiger partial charge on any atom is 0.255 e. The lowest BCUT2D eigenvalue weighted by Crippen LogP contribution is -2.47. The van der Waals surface area contributed by atoms with Crippen molar-refractivity contribution in [3.63, 3.8) is 0 Å². The first-order valence-corrected chi connectivity index (χ1v) is 7.28. The molecule has 1 aliphatic heterocycles. The molecule has 0 atom stereocenters. The Morgan fingerprint density at radius 3 is 2.44 bits per heavy atom. The van der Waals surface area contributed by atoms with Gasteiger partial charge in [0.05, 0.1) is 0 Å². The zero-order valence-corrected chi connectivity index (χ0v) is 12.1. The van der Waals surface area contributed by atoms with Crippen LogP contribution in [-0.2, 0) is 9.59 Å². The number of hydrogen-bond acceptors (Lipinski definition) is 2. The van der Waals surface area contributed by atoms with E-state index >= 15 is 0 Å². The minimum Gasteiger partial charge on any atom is -0.353 e. The number of amides is 2. The van der Waals surface area contributed by atoms with Crippen LogP contribution in [-0.4, -0.2) is 40.7 Å². The van der Waals surface area contributed by atoms with Gasteiger partial charge >= 0.3 is 0 Å². The van der Waals surface area contributed by atoms with Crippen LogP contribution in [0.3, 0.4) is 0 Å². The molecule has 1 saturated heterocycles. The Bertz CT molecular complexity index is 290. The topological polar surface area (TPSA) is 49.4 Å². The van der Waals surface area contributed by atoms with Gasteiger partial charge in [0, 0.05) is 25.6 Å². The number of alkyl halides is 2. The third-order valence-corrected chi connectivity index (χ3v) is 3.49. The predicted molar refractivity (Wildman–Crippen MR) is 72.8 cm³/mol. The summed E-state index contributed by atoms with van der Waals surface area (Å²) in [6, 6.07) is 0.169. The fourth-order valence-corrected chi connectivity index (χ4v) is 2.30. The second-order valence-electron chi connectivity index (χ2n) is 4.57. The highest BCUT2D eigenvalue weighted by Crippen LogP contribution is 2.15. The SMILES string of the molecule is CCCCC(=O)NC1CCN(C(=O)C(Cl)Cl)CC1. The van der Waals surface area contributed by atoms with Gasteiger partial charge in [-0.1, -0.05) is 36.5 Å². The van der Waals surface area contributed by atoms with Crippen molar-refractivity contribution in [2.24, 2.45) is 0 Å². The minimum absolute atomic E-state index is 0.106. The van der Waals surface area contributed by atoms with Gasteiger partial charge in [0.25, 0.3) is 5.91 Å². The Morgan fingerprint density at radius 2 is 1.94 bits per heavy atom. The monoisotopic (exact) mass is 294 g/mol. The Morgan fingerprint density at radius 1 is 1.33 bits per heavy atom. The quantitative estimate of drug-likeness (QED) is 0.790. The molecule has 1 rings (SSSR count). The van der Waals surface area contributed by atoms with Gasteiger partial charge in [-0.2, -0.15) is 0 Å². The molecular formula is C12H20Cl2N2O2. The van der Waals surface area contributed by atoms with Crippen LogP contribution < -0.4 is 5.32 Å². The Labute approximate surface area is 118 Å². The normalized spacial score (nSPS) is 17.0. The van der Waals surface area contributed by atoms with Crippen LogP contribution >= 0.6 is 23.2 Å². The van der Waals surface area contributed by atoms with Crippen LogP contribution in [0.2, 0.25) is 0 Å². The van der Waals surface area contributed by atoms with E-state index in [0.717, 1.165) is 25.7 Å². The number of rotatable bonds is 5. The maximum absolute atomic E-state index is 11.6. The molecule has 0 saturated carbocycles. The molecule has 0 aromatic carbocycles. The molecule has 6 heteroatoms. The fraction of sp³-hybridized carbons (Fsp3) is 0.833. The van der Waals surface area contributed by atoms with Crippen molar-refractivity contribution in [1.29, 1.82) is 0 Å². The number of carbonyl (C=O) groups is 2. The predicted octanol–water partition coefficient (Wildman–Crippen LogP) is 2.09. The molecule has 0 aliphatic carbocycles. The maximum atomic E-state index is 11.6. The summed E-state index contributed by atoms with van der Waals surface area (Å²) in [5, 5.41) is 3.00. The molecule has 1 heterocycles. The Balaban J connectivity index is 2.27. The van der Waals surface area contributed by atoms with E-state index in [9.17, 15) is 9.59 Å². The average Bonchev–Trinajstić information content (AvgIpc) is 2.36. The molecule has 18 heavy (non-hydrogen) atoms. The molecular weight excluding hydrogens is 275 g/mol. The molecule has 1 aliphatic rings. The third-order valence-electron chi connectivity index (χ3n) is 3.12. The largest absolute Gasteiger partial charge is 0.353 e. The standard InChI is InChI=1S/C12H20Cl2N2O2/c1-2-3-4-10(17)15-9-5-7-16(8-6-9)12(18)11(13)14/h9,11H,2-8H2,1H3,(H,15,17). The third kappa shape index (κ3) is 5.02. The summed E-state index contributed by atoms with van der Waals surface area (Å²) in [4.78, 5) is 23.8. The molecule has 2 amide bonds. The van der Waals surface area contributed by atoms with E-state index in [4.69, 9.17) is 23.2 Å². The van der Waals surface area contributed by atoms with E-state index in [0.29, 0.717) is 19.5 Å². The van der Waals surface area contributed by atoms with Crippen LogP contribution in [0.4, 0.5) is 0 Å². The smallest absolute Gasteiger partial charge is 0.255 e. The second kappa shape index (κ2) is 7.85. The number of halogens is 2. The van der Waals surface area contributed by atoms with Crippen LogP contribution in [0.15, 0.2) is 0 Å². The van der Waals surface area contributed by atoms with Crippen LogP contribution in [0, 0.1) is 0 Å². The number of hydrogen-bond donors (Lipinski definition) is 1. The number of unbranched alkanes of at least 4 members (excludes halogenated alkanes) is 1. The van der Waals surface area contributed by atoms with Crippen molar-refractivity contribution in [2.75, 3.05) is 13.1 Å². The van der Waals surface area contributed by atoms with Gasteiger partial charge in [-0.05, 0) is 19.3 Å². The fourth-order valence-electron chi connectivity index (χ4n) is 2.02. The summed E-state index contributed by atoms with van der Waals surface area (Å²) in [7, 11) is 0. The van der Waals surface area contributed by atoms with Crippen molar-refractivity contribution in [3.8, 4) is 0 Å². The van der Waals surface area contributed by atoms with Gasteiger partial charge in [-0.15, -0.1) is 0 Å². The van der Waals surface area contributed by atoms with Crippen LogP contribution in [0.5, 0.6) is 0 Å². The summed E-state index contributed by atoms with van der Waals surface area (Å²) in [6.07, 6.45) is 4.06. The molecule has 0 unspecified atom stereocenters. The average molecular weight is 295 g/mol. The molecule has 0 aromatic heterocycles. The van der Waals surface area contributed by atoms with Gasteiger partial charge in [0.1, 0.15) is 0 Å². The van der Waals surface area contributed by atoms with Crippen LogP contribution in [0.25, 0.3) is 0 Å². The van der Waals surface area contributed by atoms with Crippen molar-refractivity contribution >= 4 is 35.0 Å². The number of carbonyl (C=O) groups excluding carboxylic acids is 2. The highest BCUT2D eigenvalue weighted by molar-refractivity contribution is 6.53. The molecule has 0 radical (unpaired) electrons. The van der Waals surface area contributed by atoms with E-state index in [1.54, 1.807) is 4.90 Å². The van der Waals surface area contributed by atoms with E-state index in [2.05, 4.69) is 12.2 Å². The lowest BCUT2D eigenvalue weighted by atomic mass is 10.0. The molecule has 0 aromatic rings. The summed E-state index contributed by atoms with van der Waals surface area (Å²) in [6.45, 7) is 3.27. The number of nitrogens with zero attached hydrogens (tertiary/aromatic N) is 1. The summed E-state index contributed by atoms with van der Waals surface area (Å²) < 4.78 is 0. The molecule has 0 spiro atoms. The molecule has 0 bridgehead atoms. The lowest BCUT2D eigenvalue weighted by Gasteiger charge is -2.32. The summed E-state index contributed by atoms with van der Waals surface area (Å²) in [5.74, 6) is -0.136. The van der Waals surface area contributed by atoms with Gasteiger partial charge in [-0.3, -0.25) is 9.59 Å². The van der Waals surface area contributed by atoms with Crippen LogP contribution in [0.1, 0.15) is 39.0 Å². The summed E-state index contributed by atoms with van der Waals surface area (Å²) >= 11 is 11.1. The number of likely N-dealkylation sites (tertiary alicyclic amines) is 1.